The maximum atomic E-state index is 12.2. The molecular weight excluding hydrogens is 236 g/mol. The van der Waals surface area contributed by atoms with Crippen LogP contribution >= 0.6 is 11.6 Å². The molecule has 0 spiro atoms. The molecule has 0 unspecified atom stereocenters. The normalized spacial score (nSPS) is 10.1. The Morgan fingerprint density at radius 3 is 2.65 bits per heavy atom. The van der Waals surface area contributed by atoms with Gasteiger partial charge >= 0.3 is 0 Å². The van der Waals surface area contributed by atoms with Gasteiger partial charge in [-0.05, 0) is 38.5 Å². The van der Waals surface area contributed by atoms with Crippen LogP contribution in [0.4, 0.5) is 0 Å². The van der Waals surface area contributed by atoms with E-state index in [1.807, 2.05) is 32.9 Å². The van der Waals surface area contributed by atoms with Gasteiger partial charge in [0.05, 0.1) is 16.7 Å². The van der Waals surface area contributed by atoms with Crippen molar-refractivity contribution in [3.8, 4) is 6.07 Å². The summed E-state index contributed by atoms with van der Waals surface area (Å²) in [5.74, 6) is -0.202. The molecule has 3 nitrogen and oxygen atoms in total. The van der Waals surface area contributed by atoms with E-state index in [4.69, 9.17) is 16.9 Å². The second-order valence-electron chi connectivity index (χ2n) is 4.17. The summed E-state index contributed by atoms with van der Waals surface area (Å²) in [5.41, 5.74) is 1.45. The van der Waals surface area contributed by atoms with E-state index in [0.717, 1.165) is 5.56 Å². The molecule has 0 aliphatic rings. The summed E-state index contributed by atoms with van der Waals surface area (Å²) in [6, 6.07) is 7.25. The van der Waals surface area contributed by atoms with E-state index in [0.29, 0.717) is 10.6 Å². The first-order valence-corrected chi connectivity index (χ1v) is 5.79. The van der Waals surface area contributed by atoms with Crippen molar-refractivity contribution in [2.75, 3.05) is 6.54 Å². The third-order valence-electron chi connectivity index (χ3n) is 2.48. The van der Waals surface area contributed by atoms with Crippen molar-refractivity contribution in [1.82, 2.24) is 4.90 Å². The van der Waals surface area contributed by atoms with Crippen molar-refractivity contribution in [3.05, 3.63) is 34.3 Å². The van der Waals surface area contributed by atoms with E-state index in [1.165, 1.54) is 4.90 Å². The van der Waals surface area contributed by atoms with Crippen LogP contribution in [-0.2, 0) is 0 Å². The SMILES string of the molecule is Cc1ccc(C(=O)N(CC#N)C(C)C)c(Cl)c1. The molecule has 0 saturated heterocycles. The van der Waals surface area contributed by atoms with Gasteiger partial charge in [0.2, 0.25) is 0 Å². The van der Waals surface area contributed by atoms with Crippen molar-refractivity contribution < 1.29 is 4.79 Å². The average molecular weight is 251 g/mol. The van der Waals surface area contributed by atoms with Crippen molar-refractivity contribution >= 4 is 17.5 Å². The van der Waals surface area contributed by atoms with Gasteiger partial charge < -0.3 is 4.90 Å². The topological polar surface area (TPSA) is 44.1 Å². The number of hydrogen-bond acceptors (Lipinski definition) is 2. The van der Waals surface area contributed by atoms with Gasteiger partial charge in [-0.15, -0.1) is 0 Å². The van der Waals surface area contributed by atoms with E-state index >= 15 is 0 Å². The molecule has 0 radical (unpaired) electrons. The van der Waals surface area contributed by atoms with E-state index in [1.54, 1.807) is 12.1 Å². The highest BCUT2D eigenvalue weighted by Crippen LogP contribution is 2.20. The number of carbonyl (C=O) groups is 1. The van der Waals surface area contributed by atoms with Crippen molar-refractivity contribution in [1.29, 1.82) is 5.26 Å². The summed E-state index contributed by atoms with van der Waals surface area (Å²) in [5, 5.41) is 9.15. The molecule has 0 fully saturated rings. The zero-order chi connectivity index (χ0) is 13.0. The largest absolute Gasteiger partial charge is 0.323 e. The zero-order valence-corrected chi connectivity index (χ0v) is 11.0. The molecule has 1 rings (SSSR count). The maximum absolute atomic E-state index is 12.2. The summed E-state index contributed by atoms with van der Waals surface area (Å²) < 4.78 is 0. The van der Waals surface area contributed by atoms with Gasteiger partial charge in [-0.25, -0.2) is 0 Å². The fourth-order valence-corrected chi connectivity index (χ4v) is 1.83. The average Bonchev–Trinajstić information content (AvgIpc) is 2.24. The quantitative estimate of drug-likeness (QED) is 0.774. The summed E-state index contributed by atoms with van der Waals surface area (Å²) in [6.45, 7) is 5.73. The lowest BCUT2D eigenvalue weighted by molar-refractivity contribution is 0.0731. The minimum Gasteiger partial charge on any atom is -0.323 e. The molecule has 1 aromatic rings. The first-order chi connectivity index (χ1) is 7.97. The van der Waals surface area contributed by atoms with Crippen molar-refractivity contribution in [2.24, 2.45) is 0 Å². The molecule has 0 aliphatic carbocycles. The molecule has 4 heteroatoms. The third kappa shape index (κ3) is 3.21. The van der Waals surface area contributed by atoms with Crippen LogP contribution < -0.4 is 0 Å². The molecule has 0 aliphatic heterocycles. The number of rotatable bonds is 3. The highest BCUT2D eigenvalue weighted by atomic mass is 35.5. The van der Waals surface area contributed by atoms with Crippen LogP contribution in [0.1, 0.15) is 29.8 Å². The highest BCUT2D eigenvalue weighted by molar-refractivity contribution is 6.33. The van der Waals surface area contributed by atoms with Crippen LogP contribution in [0.25, 0.3) is 0 Å². The fourth-order valence-electron chi connectivity index (χ4n) is 1.51. The monoisotopic (exact) mass is 250 g/mol. The van der Waals surface area contributed by atoms with Crippen LogP contribution in [0.3, 0.4) is 0 Å². The number of carbonyl (C=O) groups excluding carboxylic acids is 1. The second-order valence-corrected chi connectivity index (χ2v) is 4.58. The van der Waals surface area contributed by atoms with Gasteiger partial charge in [0.15, 0.2) is 0 Å². The van der Waals surface area contributed by atoms with Crippen LogP contribution in [0, 0.1) is 18.3 Å². The summed E-state index contributed by atoms with van der Waals surface area (Å²) >= 11 is 6.04. The maximum Gasteiger partial charge on any atom is 0.256 e. The van der Waals surface area contributed by atoms with Gasteiger partial charge in [0.1, 0.15) is 6.54 Å². The predicted octanol–water partition coefficient (Wildman–Crippen LogP) is 3.02. The second kappa shape index (κ2) is 5.70. The lowest BCUT2D eigenvalue weighted by atomic mass is 10.1. The lowest BCUT2D eigenvalue weighted by Gasteiger charge is -2.24. The summed E-state index contributed by atoms with van der Waals surface area (Å²) in [6.07, 6.45) is 0. The molecule has 0 bridgehead atoms. The molecular formula is C13H15ClN2O. The van der Waals surface area contributed by atoms with Crippen LogP contribution in [-0.4, -0.2) is 23.4 Å². The number of aryl methyl sites for hydroxylation is 1. The molecule has 0 heterocycles. The van der Waals surface area contributed by atoms with E-state index in [2.05, 4.69) is 0 Å². The molecule has 0 saturated carbocycles. The van der Waals surface area contributed by atoms with E-state index in [9.17, 15) is 4.79 Å². The van der Waals surface area contributed by atoms with Gasteiger partial charge in [-0.3, -0.25) is 4.79 Å². The number of benzene rings is 1. The Hall–Kier alpha value is -1.53. The minimum atomic E-state index is -0.202. The van der Waals surface area contributed by atoms with Gasteiger partial charge in [0, 0.05) is 6.04 Å². The van der Waals surface area contributed by atoms with Gasteiger partial charge in [-0.2, -0.15) is 5.26 Å². The standard InChI is InChI=1S/C13H15ClN2O/c1-9(2)16(7-6-15)13(17)11-5-4-10(3)8-12(11)14/h4-5,8-9H,7H2,1-3H3. The smallest absolute Gasteiger partial charge is 0.256 e. The number of nitrogens with zero attached hydrogens (tertiary/aromatic N) is 2. The Morgan fingerprint density at radius 1 is 1.53 bits per heavy atom. The number of amides is 1. The Balaban J connectivity index is 3.06. The fraction of sp³-hybridized carbons (Fsp3) is 0.385. The van der Waals surface area contributed by atoms with E-state index in [-0.39, 0.29) is 18.5 Å². The third-order valence-corrected chi connectivity index (χ3v) is 2.79. The molecule has 1 amide bonds. The molecule has 0 aromatic heterocycles. The Kier molecular flexibility index (Phi) is 4.53. The number of hydrogen-bond donors (Lipinski definition) is 0. The lowest BCUT2D eigenvalue weighted by Crippen LogP contribution is -2.37. The number of halogens is 1. The van der Waals surface area contributed by atoms with Crippen LogP contribution in [0.15, 0.2) is 18.2 Å². The first kappa shape index (κ1) is 13.5. The van der Waals surface area contributed by atoms with Crippen LogP contribution in [0.2, 0.25) is 5.02 Å². The van der Waals surface area contributed by atoms with Crippen LogP contribution in [0.5, 0.6) is 0 Å². The summed E-state index contributed by atoms with van der Waals surface area (Å²) in [7, 11) is 0. The highest BCUT2D eigenvalue weighted by Gasteiger charge is 2.20. The number of nitriles is 1. The molecule has 1 aromatic carbocycles. The van der Waals surface area contributed by atoms with Gasteiger partial charge in [0.25, 0.3) is 5.91 Å². The van der Waals surface area contributed by atoms with Crippen molar-refractivity contribution in [3.63, 3.8) is 0 Å². The predicted molar refractivity (Wildman–Crippen MR) is 68.0 cm³/mol. The summed E-state index contributed by atoms with van der Waals surface area (Å²) in [4.78, 5) is 13.7. The Morgan fingerprint density at radius 2 is 2.18 bits per heavy atom. The Bertz CT molecular complexity index is 463. The first-order valence-electron chi connectivity index (χ1n) is 5.41. The molecule has 0 atom stereocenters. The van der Waals surface area contributed by atoms with Gasteiger partial charge in [-0.1, -0.05) is 17.7 Å². The zero-order valence-electron chi connectivity index (χ0n) is 10.2. The molecule has 17 heavy (non-hydrogen) atoms. The Labute approximate surface area is 107 Å². The molecule has 90 valence electrons. The van der Waals surface area contributed by atoms with Crippen molar-refractivity contribution in [2.45, 2.75) is 26.8 Å². The van der Waals surface area contributed by atoms with E-state index < -0.39 is 0 Å². The molecule has 0 N–H and O–H groups in total. The minimum absolute atomic E-state index is 0.0282.